The van der Waals surface area contributed by atoms with Crippen molar-refractivity contribution in [1.82, 2.24) is 14.8 Å². The Morgan fingerprint density at radius 3 is 2.44 bits per heavy atom. The molecule has 6 N–H and O–H groups in total. The second kappa shape index (κ2) is 4.17. The lowest BCUT2D eigenvalue weighted by atomic mass is 10.2. The SMILES string of the molecule is NC(=O)c1cnn(-c2cnc(N)cc2C(N)=O)c1. The van der Waals surface area contributed by atoms with E-state index in [1.807, 2.05) is 0 Å². The van der Waals surface area contributed by atoms with E-state index in [0.717, 1.165) is 0 Å². The van der Waals surface area contributed by atoms with Crippen LogP contribution in [0.3, 0.4) is 0 Å². The minimum atomic E-state index is -0.671. The lowest BCUT2D eigenvalue weighted by molar-refractivity contribution is 0.0992. The first-order valence-corrected chi connectivity index (χ1v) is 4.89. The highest BCUT2D eigenvalue weighted by Gasteiger charge is 2.13. The van der Waals surface area contributed by atoms with Crippen LogP contribution in [-0.4, -0.2) is 26.6 Å². The van der Waals surface area contributed by atoms with Gasteiger partial charge in [0.2, 0.25) is 0 Å². The van der Waals surface area contributed by atoms with Crippen molar-refractivity contribution < 1.29 is 9.59 Å². The van der Waals surface area contributed by atoms with Crippen LogP contribution in [0.1, 0.15) is 20.7 Å². The maximum Gasteiger partial charge on any atom is 0.251 e. The molecule has 2 aromatic heterocycles. The van der Waals surface area contributed by atoms with Crippen molar-refractivity contribution in [2.24, 2.45) is 11.5 Å². The monoisotopic (exact) mass is 246 g/mol. The minimum absolute atomic E-state index is 0.154. The van der Waals surface area contributed by atoms with Crippen molar-refractivity contribution in [1.29, 1.82) is 0 Å². The van der Waals surface area contributed by atoms with Gasteiger partial charge in [0.15, 0.2) is 0 Å². The van der Waals surface area contributed by atoms with Crippen LogP contribution in [-0.2, 0) is 0 Å². The van der Waals surface area contributed by atoms with Gasteiger partial charge in [0.25, 0.3) is 11.8 Å². The number of hydrogen-bond acceptors (Lipinski definition) is 5. The fraction of sp³-hybridized carbons (Fsp3) is 0. The van der Waals surface area contributed by atoms with Crippen molar-refractivity contribution >= 4 is 17.6 Å². The molecule has 0 unspecified atom stereocenters. The molecule has 0 fully saturated rings. The maximum atomic E-state index is 11.3. The molecular formula is C10H10N6O2. The van der Waals surface area contributed by atoms with Crippen LogP contribution in [0.4, 0.5) is 5.82 Å². The molecule has 0 saturated carbocycles. The summed E-state index contributed by atoms with van der Waals surface area (Å²) in [6.07, 6.45) is 4.00. The second-order valence-electron chi connectivity index (χ2n) is 3.53. The van der Waals surface area contributed by atoms with Crippen LogP contribution in [0.25, 0.3) is 5.69 Å². The van der Waals surface area contributed by atoms with E-state index in [-0.39, 0.29) is 16.9 Å². The first-order valence-electron chi connectivity index (χ1n) is 4.89. The number of amides is 2. The van der Waals surface area contributed by atoms with Crippen LogP contribution in [0.15, 0.2) is 24.7 Å². The molecule has 0 bridgehead atoms. The van der Waals surface area contributed by atoms with E-state index in [4.69, 9.17) is 17.2 Å². The van der Waals surface area contributed by atoms with E-state index < -0.39 is 11.8 Å². The molecule has 2 heterocycles. The Labute approximate surface area is 101 Å². The number of carbonyl (C=O) groups excluding carboxylic acids is 2. The number of pyridine rings is 1. The Balaban J connectivity index is 2.55. The van der Waals surface area contributed by atoms with E-state index in [9.17, 15) is 9.59 Å². The van der Waals surface area contributed by atoms with E-state index in [1.54, 1.807) is 0 Å². The van der Waals surface area contributed by atoms with Gasteiger partial charge < -0.3 is 17.2 Å². The van der Waals surface area contributed by atoms with E-state index >= 15 is 0 Å². The van der Waals surface area contributed by atoms with Gasteiger partial charge in [-0.05, 0) is 6.07 Å². The van der Waals surface area contributed by atoms with Crippen molar-refractivity contribution in [3.05, 3.63) is 35.8 Å². The van der Waals surface area contributed by atoms with Gasteiger partial charge >= 0.3 is 0 Å². The van der Waals surface area contributed by atoms with Crippen LogP contribution in [0.2, 0.25) is 0 Å². The summed E-state index contributed by atoms with van der Waals surface area (Å²) in [5, 5.41) is 3.91. The quantitative estimate of drug-likeness (QED) is 0.639. The largest absolute Gasteiger partial charge is 0.384 e. The molecule has 2 rings (SSSR count). The molecule has 2 amide bonds. The number of rotatable bonds is 3. The topological polar surface area (TPSA) is 143 Å². The van der Waals surface area contributed by atoms with Crippen molar-refractivity contribution in [2.75, 3.05) is 5.73 Å². The van der Waals surface area contributed by atoms with Gasteiger partial charge in [0.05, 0.1) is 29.2 Å². The number of aromatic nitrogens is 3. The van der Waals surface area contributed by atoms with Crippen LogP contribution in [0.5, 0.6) is 0 Å². The van der Waals surface area contributed by atoms with Gasteiger partial charge in [-0.2, -0.15) is 5.10 Å². The molecule has 0 radical (unpaired) electrons. The summed E-state index contributed by atoms with van der Waals surface area (Å²) in [6.45, 7) is 0. The zero-order valence-corrected chi connectivity index (χ0v) is 9.20. The predicted octanol–water partition coefficient (Wildman–Crippen LogP) is -0.953. The zero-order valence-electron chi connectivity index (χ0n) is 9.20. The molecule has 2 aromatic rings. The summed E-state index contributed by atoms with van der Waals surface area (Å²) in [6, 6.07) is 1.34. The minimum Gasteiger partial charge on any atom is -0.384 e. The Bertz CT molecular complexity index is 633. The molecule has 18 heavy (non-hydrogen) atoms. The number of primary amides is 2. The van der Waals surface area contributed by atoms with Gasteiger partial charge in [-0.15, -0.1) is 0 Å². The first-order chi connectivity index (χ1) is 8.49. The molecule has 8 nitrogen and oxygen atoms in total. The molecule has 0 saturated heterocycles. The molecule has 0 aliphatic carbocycles. The van der Waals surface area contributed by atoms with Crippen LogP contribution >= 0.6 is 0 Å². The highest BCUT2D eigenvalue weighted by Crippen LogP contribution is 2.15. The summed E-state index contributed by atoms with van der Waals surface area (Å²) in [5.74, 6) is -1.13. The third-order valence-electron chi connectivity index (χ3n) is 2.28. The standard InChI is InChI=1S/C10H10N6O2/c11-8-1-6(10(13)18)7(3-14-8)16-4-5(2-15-16)9(12)17/h1-4H,(H2,11,14)(H2,12,17)(H2,13,18). The number of anilines is 1. The highest BCUT2D eigenvalue weighted by molar-refractivity contribution is 5.97. The lowest BCUT2D eigenvalue weighted by Crippen LogP contribution is -2.16. The van der Waals surface area contributed by atoms with Crippen molar-refractivity contribution in [3.63, 3.8) is 0 Å². The van der Waals surface area contributed by atoms with Gasteiger partial charge in [0, 0.05) is 6.20 Å². The van der Waals surface area contributed by atoms with Gasteiger partial charge in [0.1, 0.15) is 5.82 Å². The number of nitrogens with zero attached hydrogens (tertiary/aromatic N) is 3. The Kier molecular flexibility index (Phi) is 2.68. The number of carbonyl (C=O) groups is 2. The van der Waals surface area contributed by atoms with Crippen molar-refractivity contribution in [2.45, 2.75) is 0 Å². The summed E-state index contributed by atoms with van der Waals surface area (Å²) in [5.41, 5.74) is 16.5. The Morgan fingerprint density at radius 2 is 1.89 bits per heavy atom. The average molecular weight is 246 g/mol. The van der Waals surface area contributed by atoms with E-state index in [2.05, 4.69) is 10.1 Å². The fourth-order valence-corrected chi connectivity index (χ4v) is 1.43. The summed E-state index contributed by atoms with van der Waals surface area (Å²) in [7, 11) is 0. The molecule has 0 aromatic carbocycles. The van der Waals surface area contributed by atoms with Crippen LogP contribution in [0, 0.1) is 0 Å². The second-order valence-corrected chi connectivity index (χ2v) is 3.53. The molecule has 0 aliphatic rings. The average Bonchev–Trinajstić information content (AvgIpc) is 2.78. The zero-order chi connectivity index (χ0) is 13.3. The third kappa shape index (κ3) is 1.98. The predicted molar refractivity (Wildman–Crippen MR) is 62.8 cm³/mol. The van der Waals surface area contributed by atoms with Crippen LogP contribution < -0.4 is 17.2 Å². The van der Waals surface area contributed by atoms with E-state index in [1.165, 1.54) is 29.3 Å². The fourth-order valence-electron chi connectivity index (χ4n) is 1.43. The Hall–Kier alpha value is -2.90. The number of hydrogen-bond donors (Lipinski definition) is 3. The molecule has 0 spiro atoms. The normalized spacial score (nSPS) is 10.2. The smallest absolute Gasteiger partial charge is 0.251 e. The molecule has 8 heteroatoms. The van der Waals surface area contributed by atoms with Gasteiger partial charge in [-0.1, -0.05) is 0 Å². The number of nitrogen functional groups attached to an aromatic ring is 1. The summed E-state index contributed by atoms with van der Waals surface area (Å²) >= 11 is 0. The molecule has 0 aliphatic heterocycles. The van der Waals surface area contributed by atoms with Gasteiger partial charge in [-0.3, -0.25) is 9.59 Å². The molecular weight excluding hydrogens is 236 g/mol. The summed E-state index contributed by atoms with van der Waals surface area (Å²) in [4.78, 5) is 26.1. The Morgan fingerprint density at radius 1 is 1.17 bits per heavy atom. The third-order valence-corrected chi connectivity index (χ3v) is 2.28. The lowest BCUT2D eigenvalue weighted by Gasteiger charge is -2.06. The maximum absolute atomic E-state index is 11.3. The van der Waals surface area contributed by atoms with Gasteiger partial charge in [-0.25, -0.2) is 9.67 Å². The number of nitrogens with two attached hydrogens (primary N) is 3. The van der Waals surface area contributed by atoms with E-state index in [0.29, 0.717) is 5.69 Å². The highest BCUT2D eigenvalue weighted by atomic mass is 16.1. The molecule has 0 atom stereocenters. The van der Waals surface area contributed by atoms with Crippen molar-refractivity contribution in [3.8, 4) is 5.69 Å². The molecule has 92 valence electrons. The first kappa shape index (κ1) is 11.6. The summed E-state index contributed by atoms with van der Waals surface area (Å²) < 4.78 is 1.28.